The Morgan fingerprint density at radius 3 is 2.67 bits per heavy atom. The molecule has 2 unspecified atom stereocenters. The lowest BCUT2D eigenvalue weighted by Crippen LogP contribution is -2.39. The van der Waals surface area contributed by atoms with Crippen molar-refractivity contribution in [1.82, 2.24) is 9.80 Å². The second-order valence-corrected chi connectivity index (χ2v) is 4.71. The van der Waals surface area contributed by atoms with Gasteiger partial charge >= 0.3 is 0 Å². The molecule has 0 aromatic rings. The fourth-order valence-corrected chi connectivity index (χ4v) is 2.33. The van der Waals surface area contributed by atoms with Crippen LogP contribution in [0.1, 0.15) is 12.8 Å². The topological polar surface area (TPSA) is 46.9 Å². The maximum atomic E-state index is 9.19. The van der Waals surface area contributed by atoms with Gasteiger partial charge in [0.05, 0.1) is 6.61 Å². The summed E-state index contributed by atoms with van der Waals surface area (Å²) in [5.74, 6) is 0.716. The molecule has 4 heteroatoms. The largest absolute Gasteiger partial charge is 0.396 e. The van der Waals surface area contributed by atoms with Crippen molar-refractivity contribution in [3.63, 3.8) is 0 Å². The van der Waals surface area contributed by atoms with Gasteiger partial charge in [-0.3, -0.25) is 0 Å². The predicted molar refractivity (Wildman–Crippen MR) is 60.8 cm³/mol. The number of likely N-dealkylation sites (N-methyl/N-ethyl adjacent to an activating group) is 1. The first-order chi connectivity index (χ1) is 7.17. The molecule has 0 bridgehead atoms. The van der Waals surface area contributed by atoms with E-state index in [0.29, 0.717) is 12.3 Å². The van der Waals surface area contributed by atoms with Crippen molar-refractivity contribution in [2.45, 2.75) is 18.9 Å². The molecule has 2 atom stereocenters. The van der Waals surface area contributed by atoms with Gasteiger partial charge < -0.3 is 20.0 Å². The van der Waals surface area contributed by atoms with Gasteiger partial charge in [0.1, 0.15) is 0 Å². The molecule has 1 aliphatic heterocycles. The van der Waals surface area contributed by atoms with Crippen molar-refractivity contribution >= 4 is 0 Å². The lowest BCUT2D eigenvalue weighted by molar-refractivity contribution is 0.108. The van der Waals surface area contributed by atoms with E-state index in [1.807, 2.05) is 7.05 Å². The summed E-state index contributed by atoms with van der Waals surface area (Å²) in [7, 11) is 4.19. The lowest BCUT2D eigenvalue weighted by Gasteiger charge is -2.28. The SMILES string of the molecule is CN1CCC(CN(C)C(CO)CCO)C1. The molecule has 1 aliphatic rings. The van der Waals surface area contributed by atoms with Crippen molar-refractivity contribution in [1.29, 1.82) is 0 Å². The zero-order chi connectivity index (χ0) is 11.3. The number of likely N-dealkylation sites (tertiary alicyclic amines) is 1. The summed E-state index contributed by atoms with van der Waals surface area (Å²) < 4.78 is 0. The molecule has 15 heavy (non-hydrogen) atoms. The average molecular weight is 216 g/mol. The van der Waals surface area contributed by atoms with Gasteiger partial charge in [0.2, 0.25) is 0 Å². The van der Waals surface area contributed by atoms with E-state index < -0.39 is 0 Å². The summed E-state index contributed by atoms with van der Waals surface area (Å²) >= 11 is 0. The van der Waals surface area contributed by atoms with Crippen molar-refractivity contribution in [3.05, 3.63) is 0 Å². The minimum Gasteiger partial charge on any atom is -0.396 e. The molecule has 90 valence electrons. The van der Waals surface area contributed by atoms with Gasteiger partial charge in [-0.1, -0.05) is 0 Å². The molecule has 0 aliphatic carbocycles. The Labute approximate surface area is 92.5 Å². The predicted octanol–water partition coefficient (Wildman–Crippen LogP) is -0.387. The Morgan fingerprint density at radius 1 is 1.47 bits per heavy atom. The summed E-state index contributed by atoms with van der Waals surface area (Å²) in [5.41, 5.74) is 0. The van der Waals surface area contributed by atoms with E-state index >= 15 is 0 Å². The number of rotatable bonds is 6. The summed E-state index contributed by atoms with van der Waals surface area (Å²) in [6.45, 7) is 3.65. The zero-order valence-electron chi connectivity index (χ0n) is 9.89. The molecule has 0 amide bonds. The molecule has 0 saturated carbocycles. The fraction of sp³-hybridized carbons (Fsp3) is 1.00. The minimum absolute atomic E-state index is 0.112. The number of aliphatic hydroxyl groups is 2. The number of hydrogen-bond acceptors (Lipinski definition) is 4. The normalized spacial score (nSPS) is 25.0. The Hall–Kier alpha value is -0.160. The summed E-state index contributed by atoms with van der Waals surface area (Å²) in [6, 6.07) is 0.112. The first-order valence-corrected chi connectivity index (χ1v) is 5.78. The highest BCUT2D eigenvalue weighted by molar-refractivity contribution is 4.78. The molecule has 1 heterocycles. The van der Waals surface area contributed by atoms with Crippen LogP contribution in [0.2, 0.25) is 0 Å². The van der Waals surface area contributed by atoms with E-state index in [1.54, 1.807) is 0 Å². The second-order valence-electron chi connectivity index (χ2n) is 4.71. The summed E-state index contributed by atoms with van der Waals surface area (Å²) in [5, 5.41) is 18.1. The number of aliphatic hydroxyl groups excluding tert-OH is 2. The Bertz CT molecular complexity index is 178. The highest BCUT2D eigenvalue weighted by atomic mass is 16.3. The van der Waals surface area contributed by atoms with E-state index in [-0.39, 0.29) is 19.3 Å². The molecule has 0 aromatic carbocycles. The monoisotopic (exact) mass is 216 g/mol. The van der Waals surface area contributed by atoms with Crippen LogP contribution in [0.25, 0.3) is 0 Å². The van der Waals surface area contributed by atoms with Crippen molar-refractivity contribution in [2.24, 2.45) is 5.92 Å². The first kappa shape index (κ1) is 12.9. The van der Waals surface area contributed by atoms with Crippen molar-refractivity contribution < 1.29 is 10.2 Å². The van der Waals surface area contributed by atoms with Crippen LogP contribution in [0.4, 0.5) is 0 Å². The van der Waals surface area contributed by atoms with Crippen molar-refractivity contribution in [3.8, 4) is 0 Å². The molecular formula is C11H24N2O2. The molecule has 1 fully saturated rings. The third-order valence-electron chi connectivity index (χ3n) is 3.33. The molecule has 1 saturated heterocycles. The van der Waals surface area contributed by atoms with Crippen molar-refractivity contribution in [2.75, 3.05) is 46.9 Å². The maximum Gasteiger partial charge on any atom is 0.0587 e. The van der Waals surface area contributed by atoms with Gasteiger partial charge in [-0.25, -0.2) is 0 Å². The molecular weight excluding hydrogens is 192 g/mol. The molecule has 2 N–H and O–H groups in total. The Kier molecular flexibility index (Phi) is 5.53. The zero-order valence-corrected chi connectivity index (χ0v) is 9.89. The smallest absolute Gasteiger partial charge is 0.0587 e. The molecule has 0 aromatic heterocycles. The van der Waals surface area contributed by atoms with E-state index in [9.17, 15) is 5.11 Å². The average Bonchev–Trinajstić information content (AvgIpc) is 2.60. The van der Waals surface area contributed by atoms with Gasteiger partial charge in [0.25, 0.3) is 0 Å². The molecule has 1 rings (SSSR count). The van der Waals surface area contributed by atoms with Crippen LogP contribution >= 0.6 is 0 Å². The lowest BCUT2D eigenvalue weighted by atomic mass is 10.1. The summed E-state index contributed by atoms with van der Waals surface area (Å²) in [6.07, 6.45) is 1.91. The van der Waals surface area contributed by atoms with Gasteiger partial charge in [-0.2, -0.15) is 0 Å². The van der Waals surface area contributed by atoms with E-state index in [4.69, 9.17) is 5.11 Å². The van der Waals surface area contributed by atoms with E-state index in [1.165, 1.54) is 13.0 Å². The summed E-state index contributed by atoms with van der Waals surface area (Å²) in [4.78, 5) is 4.53. The van der Waals surface area contributed by atoms with Crippen LogP contribution in [-0.4, -0.2) is 73.0 Å². The Balaban J connectivity index is 2.29. The van der Waals surface area contributed by atoms with Gasteiger partial charge in [-0.05, 0) is 39.4 Å². The van der Waals surface area contributed by atoms with Crippen LogP contribution in [0.3, 0.4) is 0 Å². The highest BCUT2D eigenvalue weighted by Gasteiger charge is 2.23. The number of hydrogen-bond donors (Lipinski definition) is 2. The second kappa shape index (κ2) is 6.43. The third-order valence-corrected chi connectivity index (χ3v) is 3.33. The quantitative estimate of drug-likeness (QED) is 0.635. The van der Waals surface area contributed by atoms with Gasteiger partial charge in [0, 0.05) is 25.7 Å². The molecule has 0 spiro atoms. The maximum absolute atomic E-state index is 9.19. The minimum atomic E-state index is 0.112. The molecule has 0 radical (unpaired) electrons. The Morgan fingerprint density at radius 2 is 2.20 bits per heavy atom. The van der Waals surface area contributed by atoms with E-state index in [0.717, 1.165) is 13.1 Å². The fourth-order valence-electron chi connectivity index (χ4n) is 2.33. The van der Waals surface area contributed by atoms with E-state index in [2.05, 4.69) is 16.8 Å². The van der Waals surface area contributed by atoms with Gasteiger partial charge in [0.15, 0.2) is 0 Å². The molecule has 4 nitrogen and oxygen atoms in total. The highest BCUT2D eigenvalue weighted by Crippen LogP contribution is 2.16. The van der Waals surface area contributed by atoms with Gasteiger partial charge in [-0.15, -0.1) is 0 Å². The van der Waals surface area contributed by atoms with Crippen LogP contribution in [0, 0.1) is 5.92 Å². The third kappa shape index (κ3) is 4.07. The van der Waals surface area contributed by atoms with Crippen LogP contribution in [0.15, 0.2) is 0 Å². The first-order valence-electron chi connectivity index (χ1n) is 5.78. The van der Waals surface area contributed by atoms with Crippen LogP contribution in [-0.2, 0) is 0 Å². The van der Waals surface area contributed by atoms with Crippen LogP contribution < -0.4 is 0 Å². The van der Waals surface area contributed by atoms with Crippen LogP contribution in [0.5, 0.6) is 0 Å². The standard InChI is InChI=1S/C11H24N2O2/c1-12-5-3-10(7-12)8-13(2)11(9-15)4-6-14/h10-11,14-15H,3-9H2,1-2H3. The number of nitrogens with zero attached hydrogens (tertiary/aromatic N) is 2.